The molecule has 0 aliphatic heterocycles. The van der Waals surface area contributed by atoms with E-state index in [2.05, 4.69) is 32.6 Å². The number of anilines is 3. The number of hydrogen-bond donors (Lipinski definition) is 1. The number of hydrogen-bond acceptors (Lipinski definition) is 6. The Bertz CT molecular complexity index is 777. The topological polar surface area (TPSA) is 63.2 Å². The van der Waals surface area contributed by atoms with Crippen molar-refractivity contribution in [1.82, 2.24) is 15.2 Å². The summed E-state index contributed by atoms with van der Waals surface area (Å²) >= 11 is 0. The Labute approximate surface area is 141 Å². The SMILES string of the molecule is COc1ccc(Nc2nncc(N(C)Cc3ccccc3)n2)cc1. The van der Waals surface area contributed by atoms with E-state index in [0.717, 1.165) is 23.8 Å². The van der Waals surface area contributed by atoms with Crippen LogP contribution in [0.15, 0.2) is 60.8 Å². The summed E-state index contributed by atoms with van der Waals surface area (Å²) in [6.45, 7) is 0.751. The molecular formula is C18H19N5O. The van der Waals surface area contributed by atoms with Crippen molar-refractivity contribution in [3.63, 3.8) is 0 Å². The lowest BCUT2D eigenvalue weighted by molar-refractivity contribution is 0.415. The van der Waals surface area contributed by atoms with Crippen LogP contribution in [0.25, 0.3) is 0 Å². The Morgan fingerprint density at radius 3 is 2.50 bits per heavy atom. The van der Waals surface area contributed by atoms with E-state index in [9.17, 15) is 0 Å². The summed E-state index contributed by atoms with van der Waals surface area (Å²) in [4.78, 5) is 6.55. The first kappa shape index (κ1) is 15.7. The molecule has 0 bridgehead atoms. The van der Waals surface area contributed by atoms with Crippen molar-refractivity contribution in [3.8, 4) is 5.75 Å². The second-order valence-electron chi connectivity index (χ2n) is 5.33. The maximum atomic E-state index is 5.15. The van der Waals surface area contributed by atoms with Crippen LogP contribution >= 0.6 is 0 Å². The first-order chi connectivity index (χ1) is 11.7. The van der Waals surface area contributed by atoms with Crippen molar-refractivity contribution in [2.24, 2.45) is 0 Å². The third-order valence-corrected chi connectivity index (χ3v) is 3.55. The van der Waals surface area contributed by atoms with Gasteiger partial charge in [0, 0.05) is 19.3 Å². The fourth-order valence-electron chi connectivity index (χ4n) is 2.27. The van der Waals surface area contributed by atoms with Gasteiger partial charge in [0.2, 0.25) is 5.95 Å². The average Bonchev–Trinajstić information content (AvgIpc) is 2.63. The molecule has 0 unspecified atom stereocenters. The van der Waals surface area contributed by atoms with Gasteiger partial charge in [-0.15, -0.1) is 5.10 Å². The monoisotopic (exact) mass is 321 g/mol. The first-order valence-corrected chi connectivity index (χ1v) is 7.60. The summed E-state index contributed by atoms with van der Waals surface area (Å²) in [5.74, 6) is 2.01. The normalized spacial score (nSPS) is 10.2. The van der Waals surface area contributed by atoms with Crippen LogP contribution in [0.1, 0.15) is 5.56 Å². The van der Waals surface area contributed by atoms with Gasteiger partial charge < -0.3 is 15.0 Å². The zero-order chi connectivity index (χ0) is 16.8. The van der Waals surface area contributed by atoms with Gasteiger partial charge in [-0.3, -0.25) is 0 Å². The van der Waals surface area contributed by atoms with Crippen LogP contribution in [-0.2, 0) is 6.54 Å². The number of nitrogens with one attached hydrogen (secondary N) is 1. The lowest BCUT2D eigenvalue weighted by Crippen LogP contribution is -2.18. The van der Waals surface area contributed by atoms with Crippen LogP contribution < -0.4 is 15.0 Å². The standard InChI is InChI=1S/C18H19N5O/c1-23(13-14-6-4-3-5-7-14)17-12-19-22-18(21-17)20-15-8-10-16(24-2)11-9-15/h3-12H,13H2,1-2H3,(H,20,21,22). The Morgan fingerprint density at radius 2 is 1.79 bits per heavy atom. The van der Waals surface area contributed by atoms with E-state index in [1.54, 1.807) is 13.3 Å². The van der Waals surface area contributed by atoms with Crippen LogP contribution in [0, 0.1) is 0 Å². The van der Waals surface area contributed by atoms with Crippen molar-refractivity contribution in [2.45, 2.75) is 6.54 Å². The molecule has 0 atom stereocenters. The predicted molar refractivity (Wildman–Crippen MR) is 94.7 cm³/mol. The van der Waals surface area contributed by atoms with Gasteiger partial charge in [0.1, 0.15) is 5.75 Å². The molecule has 1 N–H and O–H groups in total. The first-order valence-electron chi connectivity index (χ1n) is 7.60. The molecule has 0 amide bonds. The van der Waals surface area contributed by atoms with Crippen LogP contribution in [0.4, 0.5) is 17.5 Å². The highest BCUT2D eigenvalue weighted by atomic mass is 16.5. The summed E-state index contributed by atoms with van der Waals surface area (Å²) < 4.78 is 5.15. The van der Waals surface area contributed by atoms with Gasteiger partial charge in [0.15, 0.2) is 5.82 Å². The molecule has 6 heteroatoms. The van der Waals surface area contributed by atoms with Crippen molar-refractivity contribution < 1.29 is 4.74 Å². The van der Waals surface area contributed by atoms with Crippen LogP contribution in [0.3, 0.4) is 0 Å². The number of benzene rings is 2. The predicted octanol–water partition coefficient (Wildman–Crippen LogP) is 3.26. The minimum absolute atomic E-state index is 0.456. The Morgan fingerprint density at radius 1 is 1.04 bits per heavy atom. The molecule has 0 saturated heterocycles. The minimum atomic E-state index is 0.456. The van der Waals surface area contributed by atoms with Crippen molar-refractivity contribution in [2.75, 3.05) is 24.4 Å². The molecule has 0 spiro atoms. The van der Waals surface area contributed by atoms with Crippen molar-refractivity contribution in [1.29, 1.82) is 0 Å². The van der Waals surface area contributed by atoms with Gasteiger partial charge in [-0.05, 0) is 29.8 Å². The third-order valence-electron chi connectivity index (χ3n) is 3.55. The molecule has 3 rings (SSSR count). The molecule has 6 nitrogen and oxygen atoms in total. The molecule has 1 heterocycles. The van der Waals surface area contributed by atoms with E-state index >= 15 is 0 Å². The molecule has 0 radical (unpaired) electrons. The lowest BCUT2D eigenvalue weighted by atomic mass is 10.2. The van der Waals surface area contributed by atoms with Gasteiger partial charge >= 0.3 is 0 Å². The fourth-order valence-corrected chi connectivity index (χ4v) is 2.27. The van der Waals surface area contributed by atoms with E-state index in [4.69, 9.17) is 4.74 Å². The van der Waals surface area contributed by atoms with Crippen LogP contribution in [-0.4, -0.2) is 29.3 Å². The number of nitrogens with zero attached hydrogens (tertiary/aromatic N) is 4. The third kappa shape index (κ3) is 3.98. The quantitative estimate of drug-likeness (QED) is 0.752. The van der Waals surface area contributed by atoms with Crippen molar-refractivity contribution >= 4 is 17.5 Å². The maximum Gasteiger partial charge on any atom is 0.249 e. The second-order valence-corrected chi connectivity index (χ2v) is 5.33. The van der Waals surface area contributed by atoms with Gasteiger partial charge in [0.05, 0.1) is 13.3 Å². The second kappa shape index (κ2) is 7.41. The zero-order valence-corrected chi connectivity index (χ0v) is 13.7. The van der Waals surface area contributed by atoms with Gasteiger partial charge in [-0.2, -0.15) is 10.1 Å². The lowest BCUT2D eigenvalue weighted by Gasteiger charge is -2.18. The highest BCUT2D eigenvalue weighted by molar-refractivity contribution is 5.55. The molecule has 3 aromatic rings. The molecule has 122 valence electrons. The van der Waals surface area contributed by atoms with Gasteiger partial charge in [0.25, 0.3) is 0 Å². The summed E-state index contributed by atoms with van der Waals surface area (Å²) in [6, 6.07) is 17.8. The summed E-state index contributed by atoms with van der Waals surface area (Å²) in [6.07, 6.45) is 1.65. The van der Waals surface area contributed by atoms with E-state index in [1.807, 2.05) is 54.4 Å². The van der Waals surface area contributed by atoms with Gasteiger partial charge in [-0.1, -0.05) is 30.3 Å². The summed E-state index contributed by atoms with van der Waals surface area (Å²) in [5.41, 5.74) is 2.09. The minimum Gasteiger partial charge on any atom is -0.497 e. The molecule has 0 saturated carbocycles. The average molecular weight is 321 g/mol. The van der Waals surface area contributed by atoms with E-state index in [-0.39, 0.29) is 0 Å². The van der Waals surface area contributed by atoms with E-state index < -0.39 is 0 Å². The molecule has 0 aliphatic carbocycles. The van der Waals surface area contributed by atoms with Gasteiger partial charge in [-0.25, -0.2) is 0 Å². The molecule has 0 fully saturated rings. The van der Waals surface area contributed by atoms with E-state index in [1.165, 1.54) is 5.56 Å². The van der Waals surface area contributed by atoms with Crippen molar-refractivity contribution in [3.05, 3.63) is 66.4 Å². The molecule has 2 aromatic carbocycles. The maximum absolute atomic E-state index is 5.15. The number of ether oxygens (including phenoxy) is 1. The fraction of sp³-hybridized carbons (Fsp3) is 0.167. The molecule has 1 aromatic heterocycles. The molecule has 0 aliphatic rings. The number of rotatable bonds is 6. The van der Waals surface area contributed by atoms with E-state index in [0.29, 0.717) is 5.95 Å². The largest absolute Gasteiger partial charge is 0.497 e. The Kier molecular flexibility index (Phi) is 4.86. The molecular weight excluding hydrogens is 302 g/mol. The Balaban J connectivity index is 1.71. The summed E-state index contributed by atoms with van der Waals surface area (Å²) in [7, 11) is 3.62. The molecule has 24 heavy (non-hydrogen) atoms. The number of aromatic nitrogens is 3. The number of methoxy groups -OCH3 is 1. The van der Waals surface area contributed by atoms with Crippen LogP contribution in [0.5, 0.6) is 5.75 Å². The zero-order valence-electron chi connectivity index (χ0n) is 13.7. The highest BCUT2D eigenvalue weighted by Crippen LogP contribution is 2.19. The smallest absolute Gasteiger partial charge is 0.249 e. The highest BCUT2D eigenvalue weighted by Gasteiger charge is 2.07. The Hall–Kier alpha value is -3.15. The van der Waals surface area contributed by atoms with Crippen LogP contribution in [0.2, 0.25) is 0 Å². The summed E-state index contributed by atoms with van der Waals surface area (Å²) in [5, 5.41) is 11.2.